The van der Waals surface area contributed by atoms with Gasteiger partial charge in [0.05, 0.1) is 18.3 Å². The van der Waals surface area contributed by atoms with Crippen molar-refractivity contribution >= 4 is 11.9 Å². The molecule has 0 saturated carbocycles. The summed E-state index contributed by atoms with van der Waals surface area (Å²) in [4.78, 5) is 22.7. The van der Waals surface area contributed by atoms with E-state index in [1.807, 2.05) is 0 Å². The number of hydrogen-bond donors (Lipinski definition) is 4. The maximum Gasteiger partial charge on any atom is 0.352 e. The van der Waals surface area contributed by atoms with Gasteiger partial charge in [-0.3, -0.25) is 5.32 Å². The third-order valence-electron chi connectivity index (χ3n) is 3.84. The summed E-state index contributed by atoms with van der Waals surface area (Å²) < 4.78 is 14.2. The first-order valence-electron chi connectivity index (χ1n) is 7.68. The molecule has 1 atom stereocenters. The number of hydrogen-bond acceptors (Lipinski definition) is 4. The molecule has 0 aliphatic rings. The highest BCUT2D eigenvalue weighted by Gasteiger charge is 2.23. The standard InChI is InChI=1S/C17H19FN2O5/c1-2-12-13(16(22)23)8-20(15(12)17(24)25)9-19-7-14(21)10-3-5-11(18)6-4-10/h3-6,8,14,19,21H,2,7,9H2,1H3,(H,22,23)(H,24,25)/t14-/m1/s1. The predicted molar refractivity (Wildman–Crippen MR) is 87.1 cm³/mol. The molecule has 0 aliphatic heterocycles. The predicted octanol–water partition coefficient (Wildman–Crippen LogP) is 1.87. The van der Waals surface area contributed by atoms with E-state index in [2.05, 4.69) is 5.32 Å². The van der Waals surface area contributed by atoms with Crippen molar-refractivity contribution in [2.75, 3.05) is 6.54 Å². The van der Waals surface area contributed by atoms with E-state index < -0.39 is 23.9 Å². The molecule has 0 saturated heterocycles. The molecule has 0 spiro atoms. The third-order valence-corrected chi connectivity index (χ3v) is 3.84. The number of aromatic nitrogens is 1. The van der Waals surface area contributed by atoms with Crippen molar-refractivity contribution in [2.24, 2.45) is 0 Å². The molecule has 25 heavy (non-hydrogen) atoms. The highest BCUT2D eigenvalue weighted by molar-refractivity contribution is 5.96. The van der Waals surface area contributed by atoms with Gasteiger partial charge in [-0.2, -0.15) is 0 Å². The Morgan fingerprint density at radius 3 is 2.36 bits per heavy atom. The van der Waals surface area contributed by atoms with Crippen molar-refractivity contribution < 1.29 is 29.3 Å². The van der Waals surface area contributed by atoms with E-state index in [1.54, 1.807) is 6.92 Å². The zero-order chi connectivity index (χ0) is 18.6. The van der Waals surface area contributed by atoms with Crippen LogP contribution in [0.5, 0.6) is 0 Å². The van der Waals surface area contributed by atoms with E-state index >= 15 is 0 Å². The lowest BCUT2D eigenvalue weighted by Crippen LogP contribution is -2.26. The van der Waals surface area contributed by atoms with Crippen LogP contribution in [0, 0.1) is 5.82 Å². The van der Waals surface area contributed by atoms with Crippen LogP contribution in [0.1, 0.15) is 45.0 Å². The van der Waals surface area contributed by atoms with Gasteiger partial charge in [-0.1, -0.05) is 19.1 Å². The van der Waals surface area contributed by atoms with Gasteiger partial charge in [0.2, 0.25) is 0 Å². The van der Waals surface area contributed by atoms with Crippen molar-refractivity contribution in [3.63, 3.8) is 0 Å². The number of carboxylic acids is 2. The highest BCUT2D eigenvalue weighted by atomic mass is 19.1. The van der Waals surface area contributed by atoms with Crippen LogP contribution in [-0.4, -0.2) is 38.4 Å². The van der Waals surface area contributed by atoms with Crippen LogP contribution in [0.15, 0.2) is 30.5 Å². The summed E-state index contributed by atoms with van der Waals surface area (Å²) in [6.07, 6.45) is 0.630. The third kappa shape index (κ3) is 4.23. The second kappa shape index (κ2) is 7.91. The molecule has 2 aromatic rings. The monoisotopic (exact) mass is 350 g/mol. The number of carbonyl (C=O) groups is 2. The molecular weight excluding hydrogens is 331 g/mol. The van der Waals surface area contributed by atoms with E-state index in [4.69, 9.17) is 0 Å². The molecule has 0 bridgehead atoms. The molecule has 4 N–H and O–H groups in total. The van der Waals surface area contributed by atoms with Crippen molar-refractivity contribution in [3.05, 3.63) is 58.7 Å². The zero-order valence-corrected chi connectivity index (χ0v) is 13.6. The van der Waals surface area contributed by atoms with Crippen molar-refractivity contribution in [2.45, 2.75) is 26.1 Å². The fourth-order valence-corrected chi connectivity index (χ4v) is 2.64. The van der Waals surface area contributed by atoms with Gasteiger partial charge < -0.3 is 19.9 Å². The Kier molecular flexibility index (Phi) is 5.89. The topological polar surface area (TPSA) is 112 Å². The first kappa shape index (κ1) is 18.6. The minimum Gasteiger partial charge on any atom is -0.478 e. The van der Waals surface area contributed by atoms with Crippen molar-refractivity contribution in [1.82, 2.24) is 9.88 Å². The number of halogens is 1. The lowest BCUT2D eigenvalue weighted by molar-refractivity contribution is 0.0680. The summed E-state index contributed by atoms with van der Waals surface area (Å²) in [6.45, 7) is 1.79. The molecule has 134 valence electrons. The minimum absolute atomic E-state index is 0.0141. The number of aromatic carboxylic acids is 2. The van der Waals surface area contributed by atoms with Crippen LogP contribution in [0.2, 0.25) is 0 Å². The molecule has 1 heterocycles. The molecule has 0 fully saturated rings. The van der Waals surface area contributed by atoms with Gasteiger partial charge in [-0.15, -0.1) is 0 Å². The molecule has 7 nitrogen and oxygen atoms in total. The van der Waals surface area contributed by atoms with E-state index in [0.717, 1.165) is 0 Å². The maximum atomic E-state index is 12.9. The molecule has 0 aliphatic carbocycles. The van der Waals surface area contributed by atoms with Crippen LogP contribution in [-0.2, 0) is 13.1 Å². The number of rotatable bonds is 8. The van der Waals surface area contributed by atoms with E-state index in [9.17, 15) is 29.3 Å². The van der Waals surface area contributed by atoms with E-state index in [-0.39, 0.29) is 36.5 Å². The Balaban J connectivity index is 2.11. The van der Waals surface area contributed by atoms with Gasteiger partial charge in [-0.05, 0) is 29.7 Å². The Hall–Kier alpha value is -2.71. The molecule has 1 aromatic carbocycles. The normalized spacial score (nSPS) is 12.1. The minimum atomic E-state index is -1.22. The summed E-state index contributed by atoms with van der Waals surface area (Å²) in [5, 5.41) is 31.5. The molecular formula is C17H19FN2O5. The fourth-order valence-electron chi connectivity index (χ4n) is 2.64. The Morgan fingerprint density at radius 1 is 1.20 bits per heavy atom. The maximum absolute atomic E-state index is 12.9. The Morgan fingerprint density at radius 2 is 1.84 bits per heavy atom. The fraction of sp³-hybridized carbons (Fsp3) is 0.294. The number of nitrogens with zero attached hydrogens (tertiary/aromatic N) is 1. The summed E-state index contributed by atoms with van der Waals surface area (Å²) in [6, 6.07) is 5.38. The molecule has 0 radical (unpaired) electrons. The number of aliphatic hydroxyl groups is 1. The number of benzene rings is 1. The smallest absolute Gasteiger partial charge is 0.352 e. The SMILES string of the molecule is CCc1c(C(=O)O)cn(CNC[C@@H](O)c2ccc(F)cc2)c1C(=O)O. The van der Waals surface area contributed by atoms with Crippen LogP contribution >= 0.6 is 0 Å². The Labute approximate surface area is 143 Å². The number of carboxylic acid groups (broad SMARTS) is 2. The lowest BCUT2D eigenvalue weighted by Gasteiger charge is -2.14. The van der Waals surface area contributed by atoms with Gasteiger partial charge in [-0.25, -0.2) is 14.0 Å². The van der Waals surface area contributed by atoms with Gasteiger partial charge in [0.25, 0.3) is 0 Å². The molecule has 1 aromatic heterocycles. The molecule has 0 amide bonds. The summed E-state index contributed by atoms with van der Waals surface area (Å²) in [5.74, 6) is -2.81. The summed E-state index contributed by atoms with van der Waals surface area (Å²) >= 11 is 0. The average Bonchev–Trinajstić information content (AvgIpc) is 2.94. The zero-order valence-electron chi connectivity index (χ0n) is 13.6. The quantitative estimate of drug-likeness (QED) is 0.578. The van der Waals surface area contributed by atoms with Crippen LogP contribution in [0.3, 0.4) is 0 Å². The second-order valence-corrected chi connectivity index (χ2v) is 5.48. The average molecular weight is 350 g/mol. The molecule has 8 heteroatoms. The first-order valence-corrected chi connectivity index (χ1v) is 7.68. The van der Waals surface area contributed by atoms with Gasteiger partial charge in [0, 0.05) is 12.7 Å². The van der Waals surface area contributed by atoms with Gasteiger partial charge >= 0.3 is 11.9 Å². The van der Waals surface area contributed by atoms with Crippen molar-refractivity contribution in [1.29, 1.82) is 0 Å². The Bertz CT molecular complexity index is 770. The summed E-state index contributed by atoms with van der Waals surface area (Å²) in [5.41, 5.74) is 0.616. The van der Waals surface area contributed by atoms with Crippen LogP contribution < -0.4 is 5.32 Å². The van der Waals surface area contributed by atoms with Crippen LogP contribution in [0.4, 0.5) is 4.39 Å². The number of nitrogens with one attached hydrogen (secondary N) is 1. The number of aliphatic hydroxyl groups excluding tert-OH is 1. The van der Waals surface area contributed by atoms with Crippen molar-refractivity contribution in [3.8, 4) is 0 Å². The molecule has 2 rings (SSSR count). The van der Waals surface area contributed by atoms with Gasteiger partial charge in [0.1, 0.15) is 11.5 Å². The largest absolute Gasteiger partial charge is 0.478 e. The lowest BCUT2D eigenvalue weighted by atomic mass is 10.1. The van der Waals surface area contributed by atoms with Gasteiger partial charge in [0.15, 0.2) is 0 Å². The van der Waals surface area contributed by atoms with Crippen LogP contribution in [0.25, 0.3) is 0 Å². The van der Waals surface area contributed by atoms with E-state index in [0.29, 0.717) is 5.56 Å². The molecule has 0 unspecified atom stereocenters. The second-order valence-electron chi connectivity index (χ2n) is 5.48. The first-order chi connectivity index (χ1) is 11.8. The van der Waals surface area contributed by atoms with E-state index in [1.165, 1.54) is 35.0 Å². The highest BCUT2D eigenvalue weighted by Crippen LogP contribution is 2.19. The summed E-state index contributed by atoms with van der Waals surface area (Å²) in [7, 11) is 0.